The Balaban J connectivity index is 1.62. The molecule has 21 heavy (non-hydrogen) atoms. The lowest BCUT2D eigenvalue weighted by atomic mass is 9.98. The maximum absolute atomic E-state index is 13.7. The third kappa shape index (κ3) is 2.96. The Kier molecular flexibility index (Phi) is 4.24. The first-order chi connectivity index (χ1) is 10.1. The Morgan fingerprint density at radius 3 is 2.52 bits per heavy atom. The minimum atomic E-state index is -0.994. The maximum atomic E-state index is 13.7. The third-order valence-corrected chi connectivity index (χ3v) is 4.86. The van der Waals surface area contributed by atoms with Gasteiger partial charge in [0.05, 0.1) is 12.2 Å². The molecule has 116 valence electrons. The Morgan fingerprint density at radius 2 is 1.86 bits per heavy atom. The summed E-state index contributed by atoms with van der Waals surface area (Å²) in [7, 11) is 0. The predicted octanol–water partition coefficient (Wildman–Crippen LogP) is 2.38. The van der Waals surface area contributed by atoms with E-state index in [0.717, 1.165) is 31.7 Å². The van der Waals surface area contributed by atoms with E-state index in [2.05, 4.69) is 4.90 Å². The van der Waals surface area contributed by atoms with Crippen LogP contribution in [-0.2, 0) is 0 Å². The van der Waals surface area contributed by atoms with Gasteiger partial charge in [-0.05, 0) is 38.2 Å². The summed E-state index contributed by atoms with van der Waals surface area (Å²) in [5.74, 6) is -1.88. The molecule has 0 saturated carbocycles. The smallest absolute Gasteiger partial charge is 0.164 e. The van der Waals surface area contributed by atoms with Gasteiger partial charge in [-0.1, -0.05) is 12.1 Å². The van der Waals surface area contributed by atoms with Gasteiger partial charge in [0.2, 0.25) is 0 Å². The van der Waals surface area contributed by atoms with Gasteiger partial charge in [-0.15, -0.1) is 0 Å². The summed E-state index contributed by atoms with van der Waals surface area (Å²) in [4.78, 5) is 2.31. The molecule has 0 aromatic heterocycles. The number of aliphatic hydroxyl groups is 2. The van der Waals surface area contributed by atoms with Crippen molar-refractivity contribution >= 4 is 0 Å². The normalized spacial score (nSPS) is 30.6. The Bertz CT molecular complexity index is 497. The van der Waals surface area contributed by atoms with E-state index in [-0.39, 0.29) is 11.7 Å². The largest absolute Gasteiger partial charge is 0.393 e. The Labute approximate surface area is 123 Å². The van der Waals surface area contributed by atoms with Crippen molar-refractivity contribution in [3.05, 3.63) is 35.4 Å². The summed E-state index contributed by atoms with van der Waals surface area (Å²) in [6, 6.07) is 4.62. The molecule has 0 radical (unpaired) electrons. The molecule has 2 saturated heterocycles. The molecule has 1 aromatic rings. The second kappa shape index (κ2) is 5.99. The molecule has 2 N–H and O–H groups in total. The number of hydrogen-bond acceptors (Lipinski definition) is 3. The van der Waals surface area contributed by atoms with Gasteiger partial charge in [0.15, 0.2) is 11.6 Å². The SMILES string of the molecule is OC1CC2CCC(C1)N2CCC(O)c1cccc(F)c1F. The minimum absolute atomic E-state index is 0.0272. The number of benzene rings is 1. The van der Waals surface area contributed by atoms with Crippen molar-refractivity contribution in [2.45, 2.75) is 56.4 Å². The molecule has 2 bridgehead atoms. The number of piperidine rings is 1. The molecule has 1 aromatic carbocycles. The molecule has 2 aliphatic heterocycles. The molecule has 2 aliphatic rings. The van der Waals surface area contributed by atoms with E-state index in [1.165, 1.54) is 12.1 Å². The van der Waals surface area contributed by atoms with E-state index >= 15 is 0 Å². The third-order valence-electron chi connectivity index (χ3n) is 4.86. The molecule has 3 rings (SSSR count). The van der Waals surface area contributed by atoms with Crippen molar-refractivity contribution < 1.29 is 19.0 Å². The van der Waals surface area contributed by atoms with Crippen LogP contribution in [0, 0.1) is 11.6 Å². The Hall–Kier alpha value is -1.04. The predicted molar refractivity (Wildman–Crippen MR) is 74.7 cm³/mol. The fourth-order valence-corrected chi connectivity index (χ4v) is 3.82. The van der Waals surface area contributed by atoms with Crippen LogP contribution < -0.4 is 0 Å². The summed E-state index contributed by atoms with van der Waals surface area (Å²) >= 11 is 0. The molecule has 2 fully saturated rings. The zero-order chi connectivity index (χ0) is 15.0. The van der Waals surface area contributed by atoms with E-state index < -0.39 is 17.7 Å². The molecule has 3 unspecified atom stereocenters. The first-order valence-corrected chi connectivity index (χ1v) is 7.62. The van der Waals surface area contributed by atoms with E-state index in [1.54, 1.807) is 0 Å². The zero-order valence-electron chi connectivity index (χ0n) is 11.9. The highest BCUT2D eigenvalue weighted by Crippen LogP contribution is 2.36. The van der Waals surface area contributed by atoms with Crippen molar-refractivity contribution in [1.29, 1.82) is 0 Å². The van der Waals surface area contributed by atoms with E-state index in [4.69, 9.17) is 0 Å². The lowest BCUT2D eigenvalue weighted by molar-refractivity contribution is 0.0263. The molecule has 0 spiro atoms. The monoisotopic (exact) mass is 297 g/mol. The second-order valence-corrected chi connectivity index (χ2v) is 6.20. The zero-order valence-corrected chi connectivity index (χ0v) is 11.9. The second-order valence-electron chi connectivity index (χ2n) is 6.20. The minimum Gasteiger partial charge on any atom is -0.393 e. The quantitative estimate of drug-likeness (QED) is 0.897. The van der Waals surface area contributed by atoms with Crippen molar-refractivity contribution in [2.24, 2.45) is 0 Å². The standard InChI is InChI=1S/C16H21F2NO2/c17-14-3-1-2-13(16(14)18)15(21)6-7-19-10-4-5-11(19)9-12(20)8-10/h1-3,10-12,15,20-21H,4-9H2. The van der Waals surface area contributed by atoms with Gasteiger partial charge in [-0.3, -0.25) is 4.90 Å². The van der Waals surface area contributed by atoms with E-state index in [0.29, 0.717) is 25.0 Å². The fraction of sp³-hybridized carbons (Fsp3) is 0.625. The van der Waals surface area contributed by atoms with Crippen LogP contribution in [0.3, 0.4) is 0 Å². The van der Waals surface area contributed by atoms with Gasteiger partial charge in [0.1, 0.15) is 0 Å². The summed E-state index contributed by atoms with van der Waals surface area (Å²) in [5.41, 5.74) is 0.0272. The van der Waals surface area contributed by atoms with Crippen LogP contribution in [0.25, 0.3) is 0 Å². The van der Waals surface area contributed by atoms with Crippen LogP contribution in [0.1, 0.15) is 43.8 Å². The number of aliphatic hydroxyl groups excluding tert-OH is 2. The summed E-state index contributed by atoms with van der Waals surface area (Å²) in [6.07, 6.45) is 2.88. The highest BCUT2D eigenvalue weighted by Gasteiger charge is 2.39. The van der Waals surface area contributed by atoms with Crippen molar-refractivity contribution in [2.75, 3.05) is 6.54 Å². The summed E-state index contributed by atoms with van der Waals surface area (Å²) in [6.45, 7) is 0.652. The number of nitrogens with zero attached hydrogens (tertiary/aromatic N) is 1. The highest BCUT2D eigenvalue weighted by atomic mass is 19.2. The van der Waals surface area contributed by atoms with Crippen molar-refractivity contribution in [3.63, 3.8) is 0 Å². The first-order valence-electron chi connectivity index (χ1n) is 7.62. The van der Waals surface area contributed by atoms with Crippen molar-refractivity contribution in [3.8, 4) is 0 Å². The van der Waals surface area contributed by atoms with Crippen LogP contribution in [0.4, 0.5) is 8.78 Å². The van der Waals surface area contributed by atoms with Crippen LogP contribution in [0.5, 0.6) is 0 Å². The average molecular weight is 297 g/mol. The number of rotatable bonds is 4. The molecule has 5 heteroatoms. The number of fused-ring (bicyclic) bond motifs is 2. The number of halogens is 2. The molecule has 0 amide bonds. The Morgan fingerprint density at radius 1 is 1.19 bits per heavy atom. The lowest BCUT2D eigenvalue weighted by Crippen LogP contribution is -2.45. The molecular formula is C16H21F2NO2. The lowest BCUT2D eigenvalue weighted by Gasteiger charge is -2.37. The van der Waals surface area contributed by atoms with Gasteiger partial charge in [-0.25, -0.2) is 8.78 Å². The van der Waals surface area contributed by atoms with Gasteiger partial charge < -0.3 is 10.2 Å². The average Bonchev–Trinajstić information content (AvgIpc) is 2.69. The molecule has 3 nitrogen and oxygen atoms in total. The van der Waals surface area contributed by atoms with Crippen LogP contribution in [-0.4, -0.2) is 39.8 Å². The topological polar surface area (TPSA) is 43.7 Å². The van der Waals surface area contributed by atoms with E-state index in [9.17, 15) is 19.0 Å². The number of hydrogen-bond donors (Lipinski definition) is 2. The molecular weight excluding hydrogens is 276 g/mol. The maximum Gasteiger partial charge on any atom is 0.164 e. The fourth-order valence-electron chi connectivity index (χ4n) is 3.82. The van der Waals surface area contributed by atoms with Crippen molar-refractivity contribution in [1.82, 2.24) is 4.90 Å². The van der Waals surface area contributed by atoms with Crippen LogP contribution in [0.15, 0.2) is 18.2 Å². The van der Waals surface area contributed by atoms with Gasteiger partial charge in [-0.2, -0.15) is 0 Å². The highest BCUT2D eigenvalue weighted by molar-refractivity contribution is 5.21. The van der Waals surface area contributed by atoms with E-state index in [1.807, 2.05) is 0 Å². The van der Waals surface area contributed by atoms with Gasteiger partial charge >= 0.3 is 0 Å². The molecule has 2 heterocycles. The van der Waals surface area contributed by atoms with Crippen LogP contribution >= 0.6 is 0 Å². The molecule has 3 atom stereocenters. The summed E-state index contributed by atoms with van der Waals surface area (Å²) < 4.78 is 26.8. The summed E-state index contributed by atoms with van der Waals surface area (Å²) in [5, 5.41) is 19.9. The van der Waals surface area contributed by atoms with Crippen LogP contribution in [0.2, 0.25) is 0 Å². The van der Waals surface area contributed by atoms with Gasteiger partial charge in [0.25, 0.3) is 0 Å². The first kappa shape index (κ1) is 14.9. The van der Waals surface area contributed by atoms with Gasteiger partial charge in [0, 0.05) is 24.2 Å². The molecule has 0 aliphatic carbocycles.